The monoisotopic (exact) mass is 277 g/mol. The lowest BCUT2D eigenvalue weighted by atomic mass is 9.69. The molecule has 1 fully saturated rings. The standard InChI is InChI=1S/C19H19NO/c21-18-13-19(9-10-20-18)12-16-7-2-1-5-14(16)11-15-6-3-4-8-17(15)19/h1-8H,9-13H2,(H,20,21). The predicted octanol–water partition coefficient (Wildman–Crippen LogP) is 2.98. The molecule has 0 aromatic heterocycles. The van der Waals surface area contributed by atoms with E-state index in [0.717, 1.165) is 25.8 Å². The summed E-state index contributed by atoms with van der Waals surface area (Å²) in [6.07, 6.45) is 3.60. The van der Waals surface area contributed by atoms with Gasteiger partial charge in [-0.25, -0.2) is 0 Å². The second-order valence-corrected chi connectivity index (χ2v) is 6.34. The fraction of sp³-hybridized carbons (Fsp3) is 0.316. The van der Waals surface area contributed by atoms with Crippen LogP contribution in [0, 0.1) is 0 Å². The first kappa shape index (κ1) is 12.6. The molecule has 1 heterocycles. The maximum Gasteiger partial charge on any atom is 0.220 e. The Morgan fingerprint density at radius 3 is 2.38 bits per heavy atom. The smallest absolute Gasteiger partial charge is 0.220 e. The number of carbonyl (C=O) groups excluding carboxylic acids is 1. The van der Waals surface area contributed by atoms with Crippen molar-refractivity contribution in [1.82, 2.24) is 5.32 Å². The van der Waals surface area contributed by atoms with Gasteiger partial charge >= 0.3 is 0 Å². The van der Waals surface area contributed by atoms with Crippen molar-refractivity contribution in [1.29, 1.82) is 0 Å². The number of fused-ring (bicyclic) bond motifs is 3. The Labute approximate surface area is 125 Å². The molecule has 0 bridgehead atoms. The zero-order valence-corrected chi connectivity index (χ0v) is 12.1. The Morgan fingerprint density at radius 1 is 0.857 bits per heavy atom. The van der Waals surface area contributed by atoms with Crippen molar-refractivity contribution < 1.29 is 4.79 Å². The van der Waals surface area contributed by atoms with Crippen molar-refractivity contribution in [2.24, 2.45) is 0 Å². The van der Waals surface area contributed by atoms with Crippen molar-refractivity contribution >= 4 is 5.91 Å². The van der Waals surface area contributed by atoms with E-state index in [0.29, 0.717) is 6.42 Å². The fourth-order valence-electron chi connectivity index (χ4n) is 4.04. The summed E-state index contributed by atoms with van der Waals surface area (Å²) >= 11 is 0. The normalized spacial score (nSPS) is 23.9. The van der Waals surface area contributed by atoms with Crippen LogP contribution in [0.25, 0.3) is 0 Å². The molecule has 1 atom stereocenters. The molecular formula is C19H19NO. The van der Waals surface area contributed by atoms with E-state index in [1.807, 2.05) is 0 Å². The van der Waals surface area contributed by atoms with Crippen LogP contribution in [0.1, 0.15) is 35.1 Å². The third-order valence-corrected chi connectivity index (χ3v) is 5.04. The van der Waals surface area contributed by atoms with Gasteiger partial charge in [-0.2, -0.15) is 0 Å². The molecule has 1 spiro atoms. The summed E-state index contributed by atoms with van der Waals surface area (Å²) < 4.78 is 0. The highest BCUT2D eigenvalue weighted by Gasteiger charge is 2.40. The number of piperidine rings is 1. The molecule has 2 aromatic carbocycles. The zero-order valence-electron chi connectivity index (χ0n) is 12.1. The molecule has 2 nitrogen and oxygen atoms in total. The molecule has 21 heavy (non-hydrogen) atoms. The number of carbonyl (C=O) groups is 1. The summed E-state index contributed by atoms with van der Waals surface area (Å²) in [5.74, 6) is 0.190. The molecule has 2 aliphatic rings. The Balaban J connectivity index is 1.91. The van der Waals surface area contributed by atoms with Gasteiger partial charge in [0.15, 0.2) is 0 Å². The molecule has 2 heteroatoms. The van der Waals surface area contributed by atoms with Gasteiger partial charge in [0.25, 0.3) is 0 Å². The zero-order chi connectivity index (χ0) is 14.3. The van der Waals surface area contributed by atoms with Crippen LogP contribution in [-0.4, -0.2) is 12.5 Å². The lowest BCUT2D eigenvalue weighted by Crippen LogP contribution is -2.45. The molecule has 1 aliphatic carbocycles. The number of nitrogens with one attached hydrogen (secondary N) is 1. The second kappa shape index (κ2) is 4.73. The van der Waals surface area contributed by atoms with E-state index in [4.69, 9.17) is 0 Å². The number of hydrogen-bond donors (Lipinski definition) is 1. The van der Waals surface area contributed by atoms with E-state index < -0.39 is 0 Å². The fourth-order valence-corrected chi connectivity index (χ4v) is 4.04. The summed E-state index contributed by atoms with van der Waals surface area (Å²) in [6.45, 7) is 0.787. The third kappa shape index (κ3) is 2.06. The lowest BCUT2D eigenvalue weighted by molar-refractivity contribution is -0.124. The van der Waals surface area contributed by atoms with Gasteiger partial charge in [0.05, 0.1) is 0 Å². The van der Waals surface area contributed by atoms with Crippen molar-refractivity contribution in [3.05, 3.63) is 70.8 Å². The Morgan fingerprint density at radius 2 is 1.57 bits per heavy atom. The first-order valence-electron chi connectivity index (χ1n) is 7.69. The van der Waals surface area contributed by atoms with Crippen LogP contribution in [0.4, 0.5) is 0 Å². The topological polar surface area (TPSA) is 29.1 Å². The summed E-state index contributed by atoms with van der Waals surface area (Å²) in [6, 6.07) is 17.4. The number of amides is 1. The summed E-state index contributed by atoms with van der Waals surface area (Å²) in [5.41, 5.74) is 5.57. The molecule has 0 saturated carbocycles. The average molecular weight is 277 g/mol. The van der Waals surface area contributed by atoms with E-state index >= 15 is 0 Å². The second-order valence-electron chi connectivity index (χ2n) is 6.34. The van der Waals surface area contributed by atoms with Crippen LogP contribution in [0.15, 0.2) is 48.5 Å². The van der Waals surface area contributed by atoms with Crippen LogP contribution >= 0.6 is 0 Å². The minimum Gasteiger partial charge on any atom is -0.356 e. The van der Waals surface area contributed by atoms with Crippen LogP contribution in [0.5, 0.6) is 0 Å². The minimum atomic E-state index is -0.0223. The van der Waals surface area contributed by atoms with Crippen LogP contribution in [0.3, 0.4) is 0 Å². The quantitative estimate of drug-likeness (QED) is 0.788. The van der Waals surface area contributed by atoms with Crippen LogP contribution < -0.4 is 5.32 Å². The summed E-state index contributed by atoms with van der Waals surface area (Å²) in [7, 11) is 0. The number of benzene rings is 2. The highest BCUT2D eigenvalue weighted by Crippen LogP contribution is 2.42. The molecule has 106 valence electrons. The first-order chi connectivity index (χ1) is 10.3. The predicted molar refractivity (Wildman–Crippen MR) is 83.3 cm³/mol. The molecule has 4 rings (SSSR count). The molecule has 2 aromatic rings. The third-order valence-electron chi connectivity index (χ3n) is 5.04. The maximum atomic E-state index is 12.1. The lowest BCUT2D eigenvalue weighted by Gasteiger charge is -2.38. The van der Waals surface area contributed by atoms with E-state index in [2.05, 4.69) is 53.8 Å². The molecule has 0 radical (unpaired) electrons. The van der Waals surface area contributed by atoms with Crippen LogP contribution in [-0.2, 0) is 23.1 Å². The Bertz CT molecular complexity index is 706. The number of rotatable bonds is 0. The van der Waals surface area contributed by atoms with Gasteiger partial charge in [-0.3, -0.25) is 4.79 Å². The SMILES string of the molecule is O=C1CC2(CCN1)Cc1ccccc1Cc1ccccc12. The van der Waals surface area contributed by atoms with Gasteiger partial charge in [0.1, 0.15) is 0 Å². The summed E-state index contributed by atoms with van der Waals surface area (Å²) in [4.78, 5) is 12.1. The largest absolute Gasteiger partial charge is 0.356 e. The minimum absolute atomic E-state index is 0.0223. The number of hydrogen-bond acceptors (Lipinski definition) is 1. The van der Waals surface area contributed by atoms with Gasteiger partial charge in [0, 0.05) is 18.4 Å². The Kier molecular flexibility index (Phi) is 2.85. The first-order valence-corrected chi connectivity index (χ1v) is 7.69. The van der Waals surface area contributed by atoms with Crippen molar-refractivity contribution in [3.8, 4) is 0 Å². The van der Waals surface area contributed by atoms with Crippen molar-refractivity contribution in [2.45, 2.75) is 31.1 Å². The molecular weight excluding hydrogens is 258 g/mol. The Hall–Kier alpha value is -2.09. The van der Waals surface area contributed by atoms with Crippen molar-refractivity contribution in [3.63, 3.8) is 0 Å². The van der Waals surface area contributed by atoms with Gasteiger partial charge in [-0.05, 0) is 41.5 Å². The average Bonchev–Trinajstić information content (AvgIpc) is 2.62. The van der Waals surface area contributed by atoms with Gasteiger partial charge in [-0.15, -0.1) is 0 Å². The van der Waals surface area contributed by atoms with Crippen molar-refractivity contribution in [2.75, 3.05) is 6.54 Å². The van der Waals surface area contributed by atoms with Gasteiger partial charge < -0.3 is 5.32 Å². The molecule has 1 N–H and O–H groups in total. The maximum absolute atomic E-state index is 12.1. The van der Waals surface area contributed by atoms with E-state index in [-0.39, 0.29) is 11.3 Å². The van der Waals surface area contributed by atoms with E-state index in [1.165, 1.54) is 22.3 Å². The highest BCUT2D eigenvalue weighted by molar-refractivity contribution is 5.79. The van der Waals surface area contributed by atoms with Crippen LogP contribution in [0.2, 0.25) is 0 Å². The molecule has 1 saturated heterocycles. The molecule has 1 aliphatic heterocycles. The highest BCUT2D eigenvalue weighted by atomic mass is 16.1. The molecule has 1 amide bonds. The van der Waals surface area contributed by atoms with Gasteiger partial charge in [-0.1, -0.05) is 48.5 Å². The summed E-state index contributed by atoms with van der Waals surface area (Å²) in [5, 5.41) is 2.99. The van der Waals surface area contributed by atoms with Gasteiger partial charge in [0.2, 0.25) is 5.91 Å². The van der Waals surface area contributed by atoms with E-state index in [9.17, 15) is 4.79 Å². The van der Waals surface area contributed by atoms with E-state index in [1.54, 1.807) is 0 Å². The molecule has 1 unspecified atom stereocenters.